The lowest BCUT2D eigenvalue weighted by Crippen LogP contribution is -2.36. The van der Waals surface area contributed by atoms with Gasteiger partial charge in [-0.05, 0) is 29.8 Å². The molecule has 0 unspecified atom stereocenters. The molecule has 0 saturated heterocycles. The number of phenols is 1. The summed E-state index contributed by atoms with van der Waals surface area (Å²) in [5, 5.41) is 12.3. The molecular weight excluding hydrogens is 304 g/mol. The van der Waals surface area contributed by atoms with Gasteiger partial charge in [-0.15, -0.1) is 0 Å². The second-order valence-electron chi connectivity index (χ2n) is 4.97. The van der Waals surface area contributed by atoms with Crippen molar-refractivity contribution < 1.29 is 14.7 Å². The van der Waals surface area contributed by atoms with Crippen molar-refractivity contribution >= 4 is 29.1 Å². The number of nitrogens with zero attached hydrogens (tertiary/aromatic N) is 1. The normalized spacial score (nSPS) is 14.3. The number of phenolic OH excluding ortho intramolecular Hbond substituents is 1. The van der Waals surface area contributed by atoms with Crippen LogP contribution in [0.25, 0.3) is 0 Å². The summed E-state index contributed by atoms with van der Waals surface area (Å²) >= 11 is 5.90. The highest BCUT2D eigenvalue weighted by molar-refractivity contribution is 6.32. The zero-order valence-electron chi connectivity index (χ0n) is 11.5. The number of hydrogen-bond donors (Lipinski definition) is 2. The molecule has 2 aromatic carbocycles. The van der Waals surface area contributed by atoms with Gasteiger partial charge in [-0.1, -0.05) is 29.8 Å². The highest BCUT2D eigenvalue weighted by Gasteiger charge is 2.26. The fourth-order valence-electron chi connectivity index (χ4n) is 2.39. The maximum Gasteiger partial charge on any atom is 0.253 e. The van der Waals surface area contributed by atoms with Crippen molar-refractivity contribution in [3.8, 4) is 5.75 Å². The molecule has 6 heteroatoms. The third-order valence-corrected chi connectivity index (χ3v) is 3.80. The highest BCUT2D eigenvalue weighted by Crippen LogP contribution is 2.28. The van der Waals surface area contributed by atoms with Crippen LogP contribution in [0.2, 0.25) is 5.02 Å². The smallest absolute Gasteiger partial charge is 0.253 e. The number of para-hydroxylation sites is 1. The van der Waals surface area contributed by atoms with Gasteiger partial charge in [-0.25, -0.2) is 0 Å². The van der Waals surface area contributed by atoms with Gasteiger partial charge in [0, 0.05) is 0 Å². The fraction of sp³-hybridized carbons (Fsp3) is 0.125. The summed E-state index contributed by atoms with van der Waals surface area (Å²) in [5.74, 6) is -0.484. The van der Waals surface area contributed by atoms with E-state index in [1.165, 1.54) is 11.0 Å². The highest BCUT2D eigenvalue weighted by atomic mass is 35.5. The molecule has 0 atom stereocenters. The molecule has 2 N–H and O–H groups in total. The molecule has 112 valence electrons. The van der Waals surface area contributed by atoms with Crippen molar-refractivity contribution in [2.24, 2.45) is 0 Å². The van der Waals surface area contributed by atoms with Crippen LogP contribution in [0.5, 0.6) is 5.75 Å². The zero-order valence-corrected chi connectivity index (χ0v) is 12.3. The summed E-state index contributed by atoms with van der Waals surface area (Å²) < 4.78 is 0. The molecule has 0 bridgehead atoms. The molecule has 0 aliphatic carbocycles. The van der Waals surface area contributed by atoms with E-state index >= 15 is 0 Å². The minimum atomic E-state index is -0.268. The van der Waals surface area contributed by atoms with E-state index in [1.54, 1.807) is 36.4 Å². The zero-order chi connectivity index (χ0) is 15.7. The number of fused-ring (bicyclic) bond motifs is 1. The van der Waals surface area contributed by atoms with E-state index in [2.05, 4.69) is 5.32 Å². The molecule has 0 aromatic heterocycles. The van der Waals surface area contributed by atoms with E-state index in [9.17, 15) is 14.7 Å². The lowest BCUT2D eigenvalue weighted by Gasteiger charge is -2.22. The molecule has 1 aliphatic rings. The van der Waals surface area contributed by atoms with Gasteiger partial charge in [0.1, 0.15) is 5.75 Å². The lowest BCUT2D eigenvalue weighted by atomic mass is 10.1. The van der Waals surface area contributed by atoms with Crippen molar-refractivity contribution in [2.45, 2.75) is 6.54 Å². The summed E-state index contributed by atoms with van der Waals surface area (Å²) in [6.07, 6.45) is 0. The SMILES string of the molecule is O=C1NCC(=O)N(Cc2ccc(O)c(Cl)c2)c2ccccc21. The maximum absolute atomic E-state index is 12.3. The number of nitrogens with one attached hydrogen (secondary N) is 1. The molecular formula is C16H13ClN2O3. The van der Waals surface area contributed by atoms with Gasteiger partial charge in [-0.2, -0.15) is 0 Å². The first-order valence-electron chi connectivity index (χ1n) is 6.71. The molecule has 0 radical (unpaired) electrons. The predicted molar refractivity (Wildman–Crippen MR) is 83.1 cm³/mol. The van der Waals surface area contributed by atoms with Crippen molar-refractivity contribution in [1.29, 1.82) is 0 Å². The molecule has 0 saturated carbocycles. The van der Waals surface area contributed by atoms with Crippen LogP contribution >= 0.6 is 11.6 Å². The molecule has 2 aromatic rings. The second kappa shape index (κ2) is 5.69. The number of carbonyl (C=O) groups is 2. The minimum absolute atomic E-state index is 0.00939. The molecule has 3 rings (SSSR count). The third kappa shape index (κ3) is 2.63. The Labute approximate surface area is 132 Å². The monoisotopic (exact) mass is 316 g/mol. The van der Waals surface area contributed by atoms with Gasteiger partial charge in [0.15, 0.2) is 0 Å². The van der Waals surface area contributed by atoms with Crippen molar-refractivity contribution in [1.82, 2.24) is 5.32 Å². The predicted octanol–water partition coefficient (Wildman–Crippen LogP) is 2.32. The lowest BCUT2D eigenvalue weighted by molar-refractivity contribution is -0.117. The van der Waals surface area contributed by atoms with Gasteiger partial charge in [-0.3, -0.25) is 9.59 Å². The summed E-state index contributed by atoms with van der Waals surface area (Å²) in [6, 6.07) is 11.7. The van der Waals surface area contributed by atoms with E-state index in [-0.39, 0.29) is 35.7 Å². The Morgan fingerprint density at radius 3 is 2.73 bits per heavy atom. The Bertz CT molecular complexity index is 761. The molecule has 1 heterocycles. The molecule has 2 amide bonds. The average molecular weight is 317 g/mol. The van der Waals surface area contributed by atoms with E-state index < -0.39 is 0 Å². The number of aromatic hydroxyl groups is 1. The standard InChI is InChI=1S/C16H13ClN2O3/c17-12-7-10(5-6-14(12)20)9-19-13-4-2-1-3-11(13)16(22)18-8-15(19)21/h1-7,20H,8-9H2,(H,18,22). The number of amides is 2. The maximum atomic E-state index is 12.3. The molecule has 0 fully saturated rings. The van der Waals surface area contributed by atoms with Crippen molar-refractivity contribution in [3.63, 3.8) is 0 Å². The van der Waals surface area contributed by atoms with Crippen LogP contribution in [-0.4, -0.2) is 23.5 Å². The summed E-state index contributed by atoms with van der Waals surface area (Å²) in [6.45, 7) is 0.212. The van der Waals surface area contributed by atoms with Crippen LogP contribution in [0.3, 0.4) is 0 Å². The number of halogens is 1. The second-order valence-corrected chi connectivity index (χ2v) is 5.37. The Hall–Kier alpha value is -2.53. The van der Waals surface area contributed by atoms with E-state index in [0.717, 1.165) is 5.56 Å². The first kappa shape index (κ1) is 14.4. The first-order chi connectivity index (χ1) is 10.6. The number of hydrogen-bond acceptors (Lipinski definition) is 3. The van der Waals surface area contributed by atoms with Crippen LogP contribution in [0, 0.1) is 0 Å². The number of rotatable bonds is 2. The van der Waals surface area contributed by atoms with Gasteiger partial charge in [0.2, 0.25) is 5.91 Å². The number of anilines is 1. The molecule has 1 aliphatic heterocycles. The Morgan fingerprint density at radius 2 is 1.95 bits per heavy atom. The summed E-state index contributed by atoms with van der Waals surface area (Å²) in [7, 11) is 0. The van der Waals surface area contributed by atoms with Crippen LogP contribution in [0.4, 0.5) is 5.69 Å². The van der Waals surface area contributed by atoms with Crippen LogP contribution in [0.1, 0.15) is 15.9 Å². The minimum Gasteiger partial charge on any atom is -0.506 e. The van der Waals surface area contributed by atoms with Gasteiger partial charge in [0.25, 0.3) is 5.91 Å². The van der Waals surface area contributed by atoms with Crippen LogP contribution < -0.4 is 10.2 Å². The summed E-state index contributed by atoms with van der Waals surface area (Å²) in [4.78, 5) is 25.8. The summed E-state index contributed by atoms with van der Waals surface area (Å²) in [5.41, 5.74) is 1.78. The quantitative estimate of drug-likeness (QED) is 0.893. The first-order valence-corrected chi connectivity index (χ1v) is 7.09. The van der Waals surface area contributed by atoms with Crippen molar-refractivity contribution in [2.75, 3.05) is 11.4 Å². The van der Waals surface area contributed by atoms with Crippen LogP contribution in [-0.2, 0) is 11.3 Å². The Kier molecular flexibility index (Phi) is 3.73. The van der Waals surface area contributed by atoms with Gasteiger partial charge in [0.05, 0.1) is 29.4 Å². The van der Waals surface area contributed by atoms with E-state index in [1.807, 2.05) is 0 Å². The molecule has 5 nitrogen and oxygen atoms in total. The Balaban J connectivity index is 2.00. The Morgan fingerprint density at radius 1 is 1.18 bits per heavy atom. The topological polar surface area (TPSA) is 69.6 Å². The third-order valence-electron chi connectivity index (χ3n) is 3.49. The van der Waals surface area contributed by atoms with E-state index in [0.29, 0.717) is 11.3 Å². The fourth-order valence-corrected chi connectivity index (χ4v) is 2.59. The number of benzene rings is 2. The van der Waals surface area contributed by atoms with Gasteiger partial charge >= 0.3 is 0 Å². The van der Waals surface area contributed by atoms with Crippen molar-refractivity contribution in [3.05, 3.63) is 58.6 Å². The van der Waals surface area contributed by atoms with E-state index in [4.69, 9.17) is 11.6 Å². The molecule has 22 heavy (non-hydrogen) atoms. The largest absolute Gasteiger partial charge is 0.506 e. The van der Waals surface area contributed by atoms with Crippen LogP contribution in [0.15, 0.2) is 42.5 Å². The number of carbonyl (C=O) groups excluding carboxylic acids is 2. The van der Waals surface area contributed by atoms with Gasteiger partial charge < -0.3 is 15.3 Å². The average Bonchev–Trinajstić information content (AvgIpc) is 2.63. The molecule has 0 spiro atoms.